The van der Waals surface area contributed by atoms with Gasteiger partial charge in [0.1, 0.15) is 0 Å². The van der Waals surface area contributed by atoms with E-state index < -0.39 is 0 Å². The standard InChI is InChI=1S/C10H14O/c1-7-4-5-10(9(3)11)6-8(7)2/h4-6,9,11H,1-3H3/t9-/m1/s1. The third-order valence-electron chi connectivity index (χ3n) is 2.01. The lowest BCUT2D eigenvalue weighted by atomic mass is 10.0. The van der Waals surface area contributed by atoms with Crippen molar-refractivity contribution in [1.29, 1.82) is 0 Å². The summed E-state index contributed by atoms with van der Waals surface area (Å²) in [5.41, 5.74) is 3.51. The topological polar surface area (TPSA) is 20.2 Å². The van der Waals surface area contributed by atoms with Gasteiger partial charge in [0.2, 0.25) is 0 Å². The van der Waals surface area contributed by atoms with Gasteiger partial charge in [-0.05, 0) is 37.5 Å². The molecule has 1 aromatic carbocycles. The Labute approximate surface area is 67.7 Å². The van der Waals surface area contributed by atoms with Crippen LogP contribution in [0.4, 0.5) is 0 Å². The maximum atomic E-state index is 9.24. The van der Waals surface area contributed by atoms with E-state index in [1.807, 2.05) is 18.2 Å². The molecule has 0 fully saturated rings. The minimum Gasteiger partial charge on any atom is -0.389 e. The highest BCUT2D eigenvalue weighted by Gasteiger charge is 2.00. The second-order valence-electron chi connectivity index (χ2n) is 3.02. The van der Waals surface area contributed by atoms with Crippen LogP contribution in [0.2, 0.25) is 0 Å². The fourth-order valence-corrected chi connectivity index (χ4v) is 1.02. The highest BCUT2D eigenvalue weighted by molar-refractivity contribution is 5.30. The van der Waals surface area contributed by atoms with Crippen LogP contribution >= 0.6 is 0 Å². The zero-order chi connectivity index (χ0) is 8.43. The molecule has 0 saturated carbocycles. The number of benzene rings is 1. The molecule has 1 nitrogen and oxygen atoms in total. The molecule has 0 aliphatic heterocycles. The number of aliphatic hydroxyl groups is 1. The predicted octanol–water partition coefficient (Wildman–Crippen LogP) is 2.36. The van der Waals surface area contributed by atoms with E-state index >= 15 is 0 Å². The summed E-state index contributed by atoms with van der Waals surface area (Å²) in [4.78, 5) is 0. The van der Waals surface area contributed by atoms with Crippen LogP contribution in [0.25, 0.3) is 0 Å². The third kappa shape index (κ3) is 1.81. The van der Waals surface area contributed by atoms with E-state index in [2.05, 4.69) is 13.8 Å². The molecule has 0 heterocycles. The quantitative estimate of drug-likeness (QED) is 0.651. The van der Waals surface area contributed by atoms with E-state index in [1.165, 1.54) is 11.1 Å². The summed E-state index contributed by atoms with van der Waals surface area (Å²) in [5, 5.41) is 9.24. The van der Waals surface area contributed by atoms with Crippen molar-refractivity contribution < 1.29 is 5.11 Å². The molecule has 1 heteroatoms. The molecule has 0 saturated heterocycles. The summed E-state index contributed by atoms with van der Waals surface area (Å²) < 4.78 is 0. The zero-order valence-electron chi connectivity index (χ0n) is 7.26. The first kappa shape index (κ1) is 8.28. The molecule has 0 radical (unpaired) electrons. The molecular formula is C10H14O. The monoisotopic (exact) mass is 150 g/mol. The van der Waals surface area contributed by atoms with Gasteiger partial charge in [-0.3, -0.25) is 0 Å². The lowest BCUT2D eigenvalue weighted by Crippen LogP contribution is -1.92. The van der Waals surface area contributed by atoms with Gasteiger partial charge in [0.05, 0.1) is 6.10 Å². The van der Waals surface area contributed by atoms with Crippen LogP contribution in [0.5, 0.6) is 0 Å². The molecule has 1 atom stereocenters. The van der Waals surface area contributed by atoms with Gasteiger partial charge in [0, 0.05) is 0 Å². The van der Waals surface area contributed by atoms with Crippen LogP contribution in [-0.4, -0.2) is 5.11 Å². The molecule has 11 heavy (non-hydrogen) atoms. The van der Waals surface area contributed by atoms with Gasteiger partial charge in [-0.15, -0.1) is 0 Å². The average Bonchev–Trinajstić information content (AvgIpc) is 1.94. The van der Waals surface area contributed by atoms with Crippen LogP contribution in [0.1, 0.15) is 29.7 Å². The van der Waals surface area contributed by atoms with Crippen molar-refractivity contribution in [1.82, 2.24) is 0 Å². The van der Waals surface area contributed by atoms with Gasteiger partial charge in [-0.25, -0.2) is 0 Å². The molecule has 0 bridgehead atoms. The number of aliphatic hydroxyl groups excluding tert-OH is 1. The molecule has 1 N–H and O–H groups in total. The number of hydrogen-bond donors (Lipinski definition) is 1. The summed E-state index contributed by atoms with van der Waals surface area (Å²) in [6.45, 7) is 5.91. The van der Waals surface area contributed by atoms with Gasteiger partial charge in [-0.2, -0.15) is 0 Å². The molecule has 1 aromatic rings. The Balaban J connectivity index is 3.05. The van der Waals surface area contributed by atoms with E-state index in [-0.39, 0.29) is 6.10 Å². The normalized spacial score (nSPS) is 13.1. The molecule has 60 valence electrons. The van der Waals surface area contributed by atoms with Crippen molar-refractivity contribution in [3.05, 3.63) is 34.9 Å². The van der Waals surface area contributed by atoms with Gasteiger partial charge in [0.15, 0.2) is 0 Å². The van der Waals surface area contributed by atoms with Crippen LogP contribution in [-0.2, 0) is 0 Å². The maximum absolute atomic E-state index is 9.24. The second-order valence-corrected chi connectivity index (χ2v) is 3.02. The van der Waals surface area contributed by atoms with Gasteiger partial charge in [0.25, 0.3) is 0 Å². The first-order valence-corrected chi connectivity index (χ1v) is 3.86. The SMILES string of the molecule is Cc1ccc([C@@H](C)O)cc1C. The minimum atomic E-state index is -0.353. The zero-order valence-corrected chi connectivity index (χ0v) is 7.26. The van der Waals surface area contributed by atoms with Crippen molar-refractivity contribution in [2.24, 2.45) is 0 Å². The van der Waals surface area contributed by atoms with E-state index in [0.29, 0.717) is 0 Å². The minimum absolute atomic E-state index is 0.353. The fraction of sp³-hybridized carbons (Fsp3) is 0.400. The van der Waals surface area contributed by atoms with E-state index in [4.69, 9.17) is 0 Å². The van der Waals surface area contributed by atoms with Crippen molar-refractivity contribution >= 4 is 0 Å². The summed E-state index contributed by atoms with van der Waals surface area (Å²) >= 11 is 0. The lowest BCUT2D eigenvalue weighted by Gasteiger charge is -2.06. The van der Waals surface area contributed by atoms with E-state index in [9.17, 15) is 5.11 Å². The smallest absolute Gasteiger partial charge is 0.0762 e. The average molecular weight is 150 g/mol. The Kier molecular flexibility index (Phi) is 2.30. The van der Waals surface area contributed by atoms with Crippen LogP contribution in [0.3, 0.4) is 0 Å². The maximum Gasteiger partial charge on any atom is 0.0762 e. The summed E-state index contributed by atoms with van der Waals surface area (Å²) in [6.07, 6.45) is -0.353. The van der Waals surface area contributed by atoms with Gasteiger partial charge in [-0.1, -0.05) is 18.2 Å². The van der Waals surface area contributed by atoms with Crippen molar-refractivity contribution in [3.63, 3.8) is 0 Å². The third-order valence-corrected chi connectivity index (χ3v) is 2.01. The molecule has 1 rings (SSSR count). The van der Waals surface area contributed by atoms with E-state index in [1.54, 1.807) is 6.92 Å². The molecule has 0 aliphatic carbocycles. The van der Waals surface area contributed by atoms with Crippen molar-refractivity contribution in [2.45, 2.75) is 26.9 Å². The number of aryl methyl sites for hydroxylation is 2. The van der Waals surface area contributed by atoms with Crippen LogP contribution < -0.4 is 0 Å². The molecular weight excluding hydrogens is 136 g/mol. The van der Waals surface area contributed by atoms with Crippen molar-refractivity contribution in [2.75, 3.05) is 0 Å². The molecule has 0 unspecified atom stereocenters. The molecule has 0 amide bonds. The molecule has 0 aromatic heterocycles. The van der Waals surface area contributed by atoms with Gasteiger partial charge < -0.3 is 5.11 Å². The largest absolute Gasteiger partial charge is 0.389 e. The Bertz CT molecular complexity index is 251. The highest BCUT2D eigenvalue weighted by Crippen LogP contribution is 2.15. The highest BCUT2D eigenvalue weighted by atomic mass is 16.3. The summed E-state index contributed by atoms with van der Waals surface area (Å²) in [6, 6.07) is 6.03. The number of hydrogen-bond acceptors (Lipinski definition) is 1. The molecule has 0 aliphatic rings. The second kappa shape index (κ2) is 3.05. The van der Waals surface area contributed by atoms with Crippen LogP contribution in [0, 0.1) is 13.8 Å². The van der Waals surface area contributed by atoms with E-state index in [0.717, 1.165) is 5.56 Å². The lowest BCUT2D eigenvalue weighted by molar-refractivity contribution is 0.199. The first-order valence-electron chi connectivity index (χ1n) is 3.86. The molecule has 0 spiro atoms. The van der Waals surface area contributed by atoms with Gasteiger partial charge >= 0.3 is 0 Å². The fourth-order valence-electron chi connectivity index (χ4n) is 1.02. The predicted molar refractivity (Wildman–Crippen MR) is 46.5 cm³/mol. The summed E-state index contributed by atoms with van der Waals surface area (Å²) in [5.74, 6) is 0. The van der Waals surface area contributed by atoms with Crippen molar-refractivity contribution in [3.8, 4) is 0 Å². The Morgan fingerprint density at radius 1 is 1.18 bits per heavy atom. The first-order chi connectivity index (χ1) is 5.11. The Hall–Kier alpha value is -0.820. The summed E-state index contributed by atoms with van der Waals surface area (Å²) in [7, 11) is 0. The Morgan fingerprint density at radius 3 is 2.27 bits per heavy atom. The Morgan fingerprint density at radius 2 is 1.82 bits per heavy atom. The van der Waals surface area contributed by atoms with Crippen LogP contribution in [0.15, 0.2) is 18.2 Å². The number of rotatable bonds is 1.